The van der Waals surface area contributed by atoms with Gasteiger partial charge in [-0.05, 0) is 36.3 Å². The van der Waals surface area contributed by atoms with E-state index in [0.717, 1.165) is 23.9 Å². The number of hydrogen-bond donors (Lipinski definition) is 1. The predicted octanol–water partition coefficient (Wildman–Crippen LogP) is 3.27. The summed E-state index contributed by atoms with van der Waals surface area (Å²) in [6.45, 7) is 3.16. The van der Waals surface area contributed by atoms with E-state index in [1.165, 1.54) is 5.56 Å². The zero-order valence-electron chi connectivity index (χ0n) is 10.5. The Hall–Kier alpha value is -0.380. The number of rotatable bonds is 7. The van der Waals surface area contributed by atoms with Crippen molar-refractivity contribution in [2.45, 2.75) is 19.8 Å². The molecule has 0 aliphatic heterocycles. The van der Waals surface area contributed by atoms with Crippen molar-refractivity contribution in [3.8, 4) is 0 Å². The summed E-state index contributed by atoms with van der Waals surface area (Å²) < 4.78 is 6.21. The van der Waals surface area contributed by atoms with Crippen LogP contribution < -0.4 is 0 Å². The molecule has 0 spiro atoms. The minimum absolute atomic E-state index is 0.228. The van der Waals surface area contributed by atoms with Gasteiger partial charge < -0.3 is 9.84 Å². The molecule has 1 aromatic rings. The third-order valence-electron chi connectivity index (χ3n) is 3.26. The van der Waals surface area contributed by atoms with E-state index in [1.807, 2.05) is 18.2 Å². The highest BCUT2D eigenvalue weighted by molar-refractivity contribution is 9.10. The topological polar surface area (TPSA) is 29.5 Å². The molecule has 0 fully saturated rings. The zero-order chi connectivity index (χ0) is 12.7. The lowest BCUT2D eigenvalue weighted by molar-refractivity contribution is 0.134. The second kappa shape index (κ2) is 7.85. The summed E-state index contributed by atoms with van der Waals surface area (Å²) >= 11 is 3.55. The lowest BCUT2D eigenvalue weighted by Crippen LogP contribution is -2.20. The highest BCUT2D eigenvalue weighted by Gasteiger charge is 2.17. The molecule has 0 bridgehead atoms. The van der Waals surface area contributed by atoms with Gasteiger partial charge in [-0.3, -0.25) is 0 Å². The lowest BCUT2D eigenvalue weighted by atomic mass is 9.87. The van der Waals surface area contributed by atoms with E-state index in [-0.39, 0.29) is 6.61 Å². The van der Waals surface area contributed by atoms with Crippen LogP contribution >= 0.6 is 15.9 Å². The Morgan fingerprint density at radius 3 is 2.65 bits per heavy atom. The van der Waals surface area contributed by atoms with Gasteiger partial charge in [0.25, 0.3) is 0 Å². The number of aliphatic hydroxyl groups is 1. The van der Waals surface area contributed by atoms with Crippen molar-refractivity contribution < 1.29 is 9.84 Å². The molecule has 0 aliphatic rings. The Balaban J connectivity index is 2.60. The number of methoxy groups -OCH3 is 1. The Morgan fingerprint density at radius 2 is 2.06 bits per heavy atom. The number of halogens is 1. The first kappa shape index (κ1) is 14.7. The first-order valence-corrected chi connectivity index (χ1v) is 6.81. The minimum Gasteiger partial charge on any atom is -0.396 e. The minimum atomic E-state index is 0.228. The molecule has 0 amide bonds. The van der Waals surface area contributed by atoms with E-state index in [9.17, 15) is 5.11 Å². The maximum absolute atomic E-state index is 9.49. The number of benzene rings is 1. The van der Waals surface area contributed by atoms with Gasteiger partial charge in [0.1, 0.15) is 0 Å². The molecule has 96 valence electrons. The summed E-state index contributed by atoms with van der Waals surface area (Å²) in [5, 5.41) is 9.49. The van der Waals surface area contributed by atoms with Crippen molar-refractivity contribution in [3.63, 3.8) is 0 Å². The van der Waals surface area contributed by atoms with Crippen molar-refractivity contribution >= 4 is 15.9 Å². The fourth-order valence-corrected chi connectivity index (χ4v) is 2.38. The molecule has 0 aliphatic carbocycles. The van der Waals surface area contributed by atoms with Crippen LogP contribution in [-0.4, -0.2) is 25.4 Å². The maximum atomic E-state index is 9.49. The molecule has 0 radical (unpaired) electrons. The smallest absolute Gasteiger partial charge is 0.0465 e. The molecule has 17 heavy (non-hydrogen) atoms. The fraction of sp³-hybridized carbons (Fsp3) is 0.571. The first-order valence-electron chi connectivity index (χ1n) is 6.02. The van der Waals surface area contributed by atoms with Crippen LogP contribution in [0.2, 0.25) is 0 Å². The van der Waals surface area contributed by atoms with Crippen molar-refractivity contribution in [2.75, 3.05) is 20.3 Å². The molecule has 0 heterocycles. The van der Waals surface area contributed by atoms with Crippen molar-refractivity contribution in [3.05, 3.63) is 34.3 Å². The number of aliphatic hydroxyl groups excluding tert-OH is 1. The molecule has 0 saturated carbocycles. The van der Waals surface area contributed by atoms with Crippen LogP contribution in [0.3, 0.4) is 0 Å². The largest absolute Gasteiger partial charge is 0.396 e. The van der Waals surface area contributed by atoms with Crippen LogP contribution in [-0.2, 0) is 11.2 Å². The maximum Gasteiger partial charge on any atom is 0.0465 e. The average Bonchev–Trinajstić information content (AvgIpc) is 2.35. The molecule has 3 heteroatoms. The molecule has 0 saturated heterocycles. The van der Waals surface area contributed by atoms with Gasteiger partial charge in [-0.15, -0.1) is 0 Å². The summed E-state index contributed by atoms with van der Waals surface area (Å²) in [5.41, 5.74) is 1.26. The molecule has 0 aromatic heterocycles. The first-order chi connectivity index (χ1) is 8.19. The van der Waals surface area contributed by atoms with E-state index in [4.69, 9.17) is 4.74 Å². The standard InChI is InChI=1S/C14H21BrO2/c1-11(7-8-17-2)13(10-16)9-12-5-3-4-6-14(12)15/h3-6,11,13,16H,7-10H2,1-2H3. The predicted molar refractivity (Wildman–Crippen MR) is 74.1 cm³/mol. The van der Waals surface area contributed by atoms with Crippen LogP contribution in [0.4, 0.5) is 0 Å². The van der Waals surface area contributed by atoms with Gasteiger partial charge in [-0.2, -0.15) is 0 Å². The Kier molecular flexibility index (Phi) is 6.78. The van der Waals surface area contributed by atoms with Crippen molar-refractivity contribution in [1.82, 2.24) is 0 Å². The fourth-order valence-electron chi connectivity index (χ4n) is 1.93. The average molecular weight is 301 g/mol. The Bertz CT molecular complexity index is 328. The molecular weight excluding hydrogens is 280 g/mol. The van der Waals surface area contributed by atoms with Crippen molar-refractivity contribution in [2.24, 2.45) is 11.8 Å². The molecule has 2 unspecified atom stereocenters. The second-order valence-electron chi connectivity index (χ2n) is 4.50. The summed E-state index contributed by atoms with van der Waals surface area (Å²) in [7, 11) is 1.72. The van der Waals surface area contributed by atoms with Gasteiger partial charge in [-0.25, -0.2) is 0 Å². The van der Waals surface area contributed by atoms with E-state index >= 15 is 0 Å². The molecule has 1 N–H and O–H groups in total. The van der Waals surface area contributed by atoms with E-state index in [0.29, 0.717) is 11.8 Å². The zero-order valence-corrected chi connectivity index (χ0v) is 12.1. The van der Waals surface area contributed by atoms with Gasteiger partial charge >= 0.3 is 0 Å². The third kappa shape index (κ3) is 4.78. The third-order valence-corrected chi connectivity index (χ3v) is 4.03. The van der Waals surface area contributed by atoms with Gasteiger partial charge in [0.2, 0.25) is 0 Å². The summed E-state index contributed by atoms with van der Waals surface area (Å²) in [5.74, 6) is 0.760. The van der Waals surface area contributed by atoms with Crippen molar-refractivity contribution in [1.29, 1.82) is 0 Å². The van der Waals surface area contributed by atoms with Crippen LogP contribution in [0.1, 0.15) is 18.9 Å². The SMILES string of the molecule is COCCC(C)C(CO)Cc1ccccc1Br. The Morgan fingerprint density at radius 1 is 1.35 bits per heavy atom. The van der Waals surface area contributed by atoms with Crippen LogP contribution in [0.25, 0.3) is 0 Å². The van der Waals surface area contributed by atoms with E-state index in [1.54, 1.807) is 7.11 Å². The van der Waals surface area contributed by atoms with Gasteiger partial charge in [0.05, 0.1) is 0 Å². The van der Waals surface area contributed by atoms with E-state index < -0.39 is 0 Å². The lowest BCUT2D eigenvalue weighted by Gasteiger charge is -2.22. The number of hydrogen-bond acceptors (Lipinski definition) is 2. The summed E-state index contributed by atoms with van der Waals surface area (Å²) in [4.78, 5) is 0. The monoisotopic (exact) mass is 300 g/mol. The molecule has 1 aromatic carbocycles. The highest BCUT2D eigenvalue weighted by Crippen LogP contribution is 2.24. The molecule has 2 nitrogen and oxygen atoms in total. The number of ether oxygens (including phenoxy) is 1. The van der Waals surface area contributed by atoms with Crippen LogP contribution in [0, 0.1) is 11.8 Å². The summed E-state index contributed by atoms with van der Waals surface area (Å²) in [6, 6.07) is 8.20. The molecule has 2 atom stereocenters. The Labute approximate surface area is 112 Å². The second-order valence-corrected chi connectivity index (χ2v) is 5.35. The molecule has 1 rings (SSSR count). The van der Waals surface area contributed by atoms with Crippen LogP contribution in [0.5, 0.6) is 0 Å². The molecular formula is C14H21BrO2. The van der Waals surface area contributed by atoms with E-state index in [2.05, 4.69) is 28.9 Å². The van der Waals surface area contributed by atoms with Gasteiger partial charge in [0, 0.05) is 24.8 Å². The quantitative estimate of drug-likeness (QED) is 0.837. The van der Waals surface area contributed by atoms with Gasteiger partial charge in [-0.1, -0.05) is 41.1 Å². The normalized spacial score (nSPS) is 14.6. The summed E-state index contributed by atoms with van der Waals surface area (Å²) in [6.07, 6.45) is 1.90. The van der Waals surface area contributed by atoms with Gasteiger partial charge in [0.15, 0.2) is 0 Å². The van der Waals surface area contributed by atoms with Crippen LogP contribution in [0.15, 0.2) is 28.7 Å². The highest BCUT2D eigenvalue weighted by atomic mass is 79.9.